The molecular weight excluding hydrogens is 334 g/mol. The second kappa shape index (κ2) is 6.51. The zero-order valence-corrected chi connectivity index (χ0v) is 16.8. The molecule has 2 saturated carbocycles. The largest absolute Gasteiger partial charge is 0.331 e. The Balaban J connectivity index is 1.32. The molecule has 2 amide bonds. The van der Waals surface area contributed by atoms with Crippen molar-refractivity contribution in [1.29, 1.82) is 0 Å². The second-order valence-corrected chi connectivity index (χ2v) is 9.75. The molecule has 2 bridgehead atoms. The lowest BCUT2D eigenvalue weighted by atomic mass is 9.73. The topological polar surface area (TPSA) is 35.6 Å². The molecule has 5 rings (SSSR count). The maximum absolute atomic E-state index is 12.3. The third-order valence-electron chi connectivity index (χ3n) is 8.13. The van der Waals surface area contributed by atoms with E-state index in [4.69, 9.17) is 0 Å². The zero-order valence-electron chi connectivity index (χ0n) is 16.8. The van der Waals surface area contributed by atoms with Crippen LogP contribution < -0.4 is 5.32 Å². The van der Waals surface area contributed by atoms with Gasteiger partial charge in [-0.15, -0.1) is 0 Å². The predicted molar refractivity (Wildman–Crippen MR) is 108 cm³/mol. The molecule has 3 fully saturated rings. The molecule has 0 radical (unpaired) electrons. The summed E-state index contributed by atoms with van der Waals surface area (Å²) in [4.78, 5) is 16.8. The van der Waals surface area contributed by atoms with Gasteiger partial charge in [0, 0.05) is 25.6 Å². The van der Waals surface area contributed by atoms with Crippen molar-refractivity contribution in [2.45, 2.75) is 62.4 Å². The first-order valence-corrected chi connectivity index (χ1v) is 10.9. The Bertz CT molecular complexity index is 722. The second-order valence-electron chi connectivity index (χ2n) is 9.75. The summed E-state index contributed by atoms with van der Waals surface area (Å²) >= 11 is 0. The molecule has 1 spiro atoms. The zero-order chi connectivity index (χ0) is 18.6. The summed E-state index contributed by atoms with van der Waals surface area (Å²) in [6, 6.07) is 9.89. The normalized spacial score (nSPS) is 34.0. The van der Waals surface area contributed by atoms with Gasteiger partial charge in [0.2, 0.25) is 0 Å². The fourth-order valence-electron chi connectivity index (χ4n) is 6.72. The Hall–Kier alpha value is -1.55. The highest BCUT2D eigenvalue weighted by Gasteiger charge is 2.49. The minimum absolute atomic E-state index is 0.0197. The quantitative estimate of drug-likeness (QED) is 0.860. The van der Waals surface area contributed by atoms with Gasteiger partial charge in [0.25, 0.3) is 0 Å². The van der Waals surface area contributed by atoms with Crippen LogP contribution >= 0.6 is 0 Å². The van der Waals surface area contributed by atoms with Gasteiger partial charge < -0.3 is 15.1 Å². The fourth-order valence-corrected chi connectivity index (χ4v) is 6.72. The number of nitrogens with one attached hydrogen (secondary N) is 1. The van der Waals surface area contributed by atoms with E-state index in [2.05, 4.69) is 34.5 Å². The molecule has 1 aromatic carbocycles. The van der Waals surface area contributed by atoms with Gasteiger partial charge in [0.05, 0.1) is 6.04 Å². The van der Waals surface area contributed by atoms with Gasteiger partial charge in [-0.2, -0.15) is 0 Å². The molecular formula is C23H33N3O. The Morgan fingerprint density at radius 2 is 1.93 bits per heavy atom. The van der Waals surface area contributed by atoms with E-state index in [9.17, 15) is 4.79 Å². The summed E-state index contributed by atoms with van der Waals surface area (Å²) in [7, 11) is 3.64. The first-order chi connectivity index (χ1) is 13.1. The number of piperidine rings is 1. The van der Waals surface area contributed by atoms with Gasteiger partial charge >= 0.3 is 6.03 Å². The van der Waals surface area contributed by atoms with Crippen LogP contribution in [0, 0.1) is 11.8 Å². The van der Waals surface area contributed by atoms with Crippen molar-refractivity contribution in [2.75, 3.05) is 27.2 Å². The lowest BCUT2D eigenvalue weighted by molar-refractivity contribution is 0.0812. The summed E-state index contributed by atoms with van der Waals surface area (Å²) in [6.07, 6.45) is 9.45. The third kappa shape index (κ3) is 2.88. The Kier molecular flexibility index (Phi) is 4.23. The van der Waals surface area contributed by atoms with E-state index in [1.807, 2.05) is 14.1 Å². The first kappa shape index (κ1) is 17.5. The Morgan fingerprint density at radius 3 is 2.59 bits per heavy atom. The average Bonchev–Trinajstić information content (AvgIpc) is 3.38. The van der Waals surface area contributed by atoms with Crippen LogP contribution in [0.25, 0.3) is 0 Å². The molecule has 1 heterocycles. The van der Waals surface area contributed by atoms with Gasteiger partial charge in [-0.3, -0.25) is 0 Å². The molecule has 4 nitrogen and oxygen atoms in total. The molecule has 1 N–H and O–H groups in total. The van der Waals surface area contributed by atoms with E-state index in [-0.39, 0.29) is 17.5 Å². The standard InChI is InChI=1S/C23H33N3O/c1-25(2)22(27)24-20-15-23(19-6-4-3-5-18(19)20)9-11-26(12-10-23)21-14-16-7-8-17(21)13-16/h3-6,16-17,20-21H,7-15H2,1-2H3,(H,24,27)/t16-,17+,20-,21+/m0/s1. The molecule has 146 valence electrons. The van der Waals surface area contributed by atoms with Crippen molar-refractivity contribution in [3.63, 3.8) is 0 Å². The fraction of sp³-hybridized carbons (Fsp3) is 0.696. The average molecular weight is 368 g/mol. The van der Waals surface area contributed by atoms with Gasteiger partial charge in [0.1, 0.15) is 0 Å². The van der Waals surface area contributed by atoms with Crippen LogP contribution in [-0.4, -0.2) is 49.1 Å². The van der Waals surface area contributed by atoms with Crippen molar-refractivity contribution in [3.05, 3.63) is 35.4 Å². The molecule has 3 aliphatic carbocycles. The predicted octanol–water partition coefficient (Wildman–Crippen LogP) is 3.92. The van der Waals surface area contributed by atoms with Gasteiger partial charge in [-0.25, -0.2) is 4.79 Å². The maximum atomic E-state index is 12.3. The number of urea groups is 1. The smallest absolute Gasteiger partial charge is 0.317 e. The highest BCUT2D eigenvalue weighted by molar-refractivity contribution is 5.74. The van der Waals surface area contributed by atoms with E-state index < -0.39 is 0 Å². The first-order valence-electron chi connectivity index (χ1n) is 10.9. The highest BCUT2D eigenvalue weighted by Crippen LogP contribution is 2.53. The Morgan fingerprint density at radius 1 is 1.15 bits per heavy atom. The molecule has 1 aromatic rings. The van der Waals surface area contributed by atoms with Crippen LogP contribution in [0.15, 0.2) is 24.3 Å². The molecule has 4 atom stereocenters. The van der Waals surface area contributed by atoms with Crippen LogP contribution in [0.5, 0.6) is 0 Å². The number of rotatable bonds is 2. The highest BCUT2D eigenvalue weighted by atomic mass is 16.2. The Labute approximate surface area is 163 Å². The summed E-state index contributed by atoms with van der Waals surface area (Å²) in [5, 5.41) is 3.27. The molecule has 1 saturated heterocycles. The lowest BCUT2D eigenvalue weighted by Gasteiger charge is -2.44. The van der Waals surface area contributed by atoms with Crippen molar-refractivity contribution in [1.82, 2.24) is 15.1 Å². The van der Waals surface area contributed by atoms with Gasteiger partial charge in [-0.05, 0) is 74.6 Å². The SMILES string of the molecule is CN(C)C(=O)N[C@H]1CC2(CCN([C@@H]3C[C@H]4CC[C@@H]3C4)CC2)c2ccccc21. The minimum atomic E-state index is 0.0197. The number of hydrogen-bond donors (Lipinski definition) is 1. The van der Waals surface area contributed by atoms with Crippen LogP contribution in [0.2, 0.25) is 0 Å². The van der Waals surface area contributed by atoms with E-state index in [1.165, 1.54) is 62.7 Å². The number of amides is 2. The van der Waals surface area contributed by atoms with Gasteiger partial charge in [-0.1, -0.05) is 30.7 Å². The summed E-state index contributed by atoms with van der Waals surface area (Å²) in [6.45, 7) is 2.47. The number of likely N-dealkylation sites (tertiary alicyclic amines) is 1. The maximum Gasteiger partial charge on any atom is 0.317 e. The van der Waals surface area contributed by atoms with Crippen molar-refractivity contribution < 1.29 is 4.79 Å². The van der Waals surface area contributed by atoms with Crippen molar-refractivity contribution >= 4 is 6.03 Å². The van der Waals surface area contributed by atoms with Gasteiger partial charge in [0.15, 0.2) is 0 Å². The molecule has 0 aromatic heterocycles. The summed E-state index contributed by atoms with van der Waals surface area (Å²) in [5.74, 6) is 2.00. The van der Waals surface area contributed by atoms with Crippen LogP contribution in [0.3, 0.4) is 0 Å². The molecule has 27 heavy (non-hydrogen) atoms. The monoisotopic (exact) mass is 367 g/mol. The van der Waals surface area contributed by atoms with Crippen molar-refractivity contribution in [2.24, 2.45) is 11.8 Å². The molecule has 1 aliphatic heterocycles. The molecule has 4 heteroatoms. The number of hydrogen-bond acceptors (Lipinski definition) is 2. The number of carbonyl (C=O) groups excluding carboxylic acids is 1. The molecule has 0 unspecified atom stereocenters. The summed E-state index contributed by atoms with van der Waals surface area (Å²) < 4.78 is 0. The van der Waals surface area contributed by atoms with Crippen LogP contribution in [0.1, 0.15) is 62.1 Å². The minimum Gasteiger partial charge on any atom is -0.331 e. The number of fused-ring (bicyclic) bond motifs is 4. The van der Waals surface area contributed by atoms with E-state index in [0.717, 1.165) is 24.3 Å². The molecule has 4 aliphatic rings. The van der Waals surface area contributed by atoms with Crippen LogP contribution in [-0.2, 0) is 5.41 Å². The lowest BCUT2D eigenvalue weighted by Crippen LogP contribution is -2.48. The number of nitrogens with zero attached hydrogens (tertiary/aromatic N) is 2. The van der Waals surface area contributed by atoms with Crippen LogP contribution in [0.4, 0.5) is 4.79 Å². The summed E-state index contributed by atoms with van der Waals surface area (Å²) in [5.41, 5.74) is 3.11. The van der Waals surface area contributed by atoms with Crippen molar-refractivity contribution in [3.8, 4) is 0 Å². The third-order valence-corrected chi connectivity index (χ3v) is 8.13. The van der Waals surface area contributed by atoms with E-state index in [1.54, 1.807) is 4.90 Å². The van der Waals surface area contributed by atoms with E-state index >= 15 is 0 Å². The van der Waals surface area contributed by atoms with E-state index in [0.29, 0.717) is 0 Å². The number of carbonyl (C=O) groups is 1. The number of benzene rings is 1.